The fourth-order valence-electron chi connectivity index (χ4n) is 1.83. The molecule has 0 aromatic heterocycles. The molecule has 0 radical (unpaired) electrons. The summed E-state index contributed by atoms with van der Waals surface area (Å²) in [5.74, 6) is -0.117. The van der Waals surface area contributed by atoms with E-state index in [1.165, 1.54) is 0 Å². The molecule has 2 rings (SSSR count). The Labute approximate surface area is 121 Å². The monoisotopic (exact) mass is 318 g/mol. The maximum Gasteiger partial charge on any atom is 0.255 e. The smallest absolute Gasteiger partial charge is 0.255 e. The SMILES string of the molecule is Cc1cc(NC(=O)c2ccc(Br)cc2C)ccc1N. The van der Waals surface area contributed by atoms with Crippen LogP contribution in [0.2, 0.25) is 0 Å². The van der Waals surface area contributed by atoms with Crippen LogP contribution in [0.1, 0.15) is 21.5 Å². The number of rotatable bonds is 2. The fourth-order valence-corrected chi connectivity index (χ4v) is 2.31. The van der Waals surface area contributed by atoms with Crippen molar-refractivity contribution in [2.75, 3.05) is 11.1 Å². The van der Waals surface area contributed by atoms with Crippen LogP contribution in [-0.2, 0) is 0 Å². The zero-order valence-electron chi connectivity index (χ0n) is 10.8. The molecule has 0 spiro atoms. The van der Waals surface area contributed by atoms with Gasteiger partial charge in [-0.15, -0.1) is 0 Å². The van der Waals surface area contributed by atoms with Crippen molar-refractivity contribution in [3.63, 3.8) is 0 Å². The summed E-state index contributed by atoms with van der Waals surface area (Å²) >= 11 is 3.38. The van der Waals surface area contributed by atoms with Crippen LogP contribution in [0.5, 0.6) is 0 Å². The number of nitrogen functional groups attached to an aromatic ring is 1. The van der Waals surface area contributed by atoms with Crippen molar-refractivity contribution in [3.05, 3.63) is 57.6 Å². The van der Waals surface area contributed by atoms with Crippen LogP contribution in [-0.4, -0.2) is 5.91 Å². The summed E-state index contributed by atoms with van der Waals surface area (Å²) in [4.78, 5) is 12.2. The van der Waals surface area contributed by atoms with E-state index in [0.717, 1.165) is 27.0 Å². The second-order valence-corrected chi connectivity index (χ2v) is 5.40. The molecule has 3 nitrogen and oxygen atoms in total. The van der Waals surface area contributed by atoms with Crippen molar-refractivity contribution in [1.29, 1.82) is 0 Å². The number of halogens is 1. The predicted octanol–water partition coefficient (Wildman–Crippen LogP) is 3.90. The van der Waals surface area contributed by atoms with Gasteiger partial charge in [0.1, 0.15) is 0 Å². The van der Waals surface area contributed by atoms with Gasteiger partial charge in [0.2, 0.25) is 0 Å². The van der Waals surface area contributed by atoms with E-state index in [-0.39, 0.29) is 5.91 Å². The molecule has 19 heavy (non-hydrogen) atoms. The van der Waals surface area contributed by atoms with Crippen molar-refractivity contribution in [3.8, 4) is 0 Å². The fraction of sp³-hybridized carbons (Fsp3) is 0.133. The largest absolute Gasteiger partial charge is 0.399 e. The molecule has 0 saturated carbocycles. The second-order valence-electron chi connectivity index (χ2n) is 4.48. The molecule has 3 N–H and O–H groups in total. The molecule has 0 fully saturated rings. The molecule has 4 heteroatoms. The minimum atomic E-state index is -0.117. The summed E-state index contributed by atoms with van der Waals surface area (Å²) < 4.78 is 0.963. The Kier molecular flexibility index (Phi) is 3.90. The molecule has 0 atom stereocenters. The van der Waals surface area contributed by atoms with Gasteiger partial charge in [0.05, 0.1) is 0 Å². The number of aryl methyl sites for hydroxylation is 2. The van der Waals surface area contributed by atoms with Gasteiger partial charge < -0.3 is 11.1 Å². The van der Waals surface area contributed by atoms with Crippen molar-refractivity contribution < 1.29 is 4.79 Å². The van der Waals surface area contributed by atoms with Crippen LogP contribution in [0.25, 0.3) is 0 Å². The third kappa shape index (κ3) is 3.15. The van der Waals surface area contributed by atoms with Crippen LogP contribution in [0.15, 0.2) is 40.9 Å². The molecule has 0 aliphatic rings. The molecule has 2 aromatic carbocycles. The molecule has 0 unspecified atom stereocenters. The van der Waals surface area contributed by atoms with E-state index < -0.39 is 0 Å². The second kappa shape index (κ2) is 5.45. The Hall–Kier alpha value is -1.81. The summed E-state index contributed by atoms with van der Waals surface area (Å²) in [6.45, 7) is 3.82. The molecule has 1 amide bonds. The summed E-state index contributed by atoms with van der Waals surface area (Å²) in [5, 5.41) is 2.88. The van der Waals surface area contributed by atoms with E-state index in [1.54, 1.807) is 18.2 Å². The number of carbonyl (C=O) groups is 1. The molecule has 0 bridgehead atoms. The quantitative estimate of drug-likeness (QED) is 0.825. The first-order chi connectivity index (χ1) is 8.97. The maximum absolute atomic E-state index is 12.2. The first-order valence-corrected chi connectivity index (χ1v) is 6.70. The number of benzene rings is 2. The molecule has 98 valence electrons. The Bertz CT molecular complexity index is 638. The number of nitrogens with two attached hydrogens (primary N) is 1. The van der Waals surface area contributed by atoms with Gasteiger partial charge in [-0.05, 0) is 61.4 Å². The lowest BCUT2D eigenvalue weighted by atomic mass is 10.1. The van der Waals surface area contributed by atoms with Crippen molar-refractivity contribution in [2.24, 2.45) is 0 Å². The van der Waals surface area contributed by atoms with Crippen LogP contribution in [0.4, 0.5) is 11.4 Å². The lowest BCUT2D eigenvalue weighted by Gasteiger charge is -2.09. The Morgan fingerprint density at radius 1 is 1.11 bits per heavy atom. The van der Waals surface area contributed by atoms with Gasteiger partial charge >= 0.3 is 0 Å². The molecular weight excluding hydrogens is 304 g/mol. The first kappa shape index (κ1) is 13.6. The van der Waals surface area contributed by atoms with Gasteiger partial charge in [0.15, 0.2) is 0 Å². The van der Waals surface area contributed by atoms with E-state index in [4.69, 9.17) is 5.73 Å². The molecule has 0 aliphatic heterocycles. The highest BCUT2D eigenvalue weighted by Gasteiger charge is 2.09. The number of amides is 1. The highest BCUT2D eigenvalue weighted by molar-refractivity contribution is 9.10. The molecule has 0 saturated heterocycles. The third-order valence-electron chi connectivity index (χ3n) is 2.96. The standard InChI is InChI=1S/C15H15BrN2O/c1-9-7-11(16)3-5-13(9)15(19)18-12-4-6-14(17)10(2)8-12/h3-8H,17H2,1-2H3,(H,18,19). The van der Waals surface area contributed by atoms with E-state index >= 15 is 0 Å². The van der Waals surface area contributed by atoms with Crippen LogP contribution >= 0.6 is 15.9 Å². The van der Waals surface area contributed by atoms with Gasteiger partial charge in [0, 0.05) is 21.4 Å². The molecule has 0 aliphatic carbocycles. The Morgan fingerprint density at radius 3 is 2.47 bits per heavy atom. The van der Waals surface area contributed by atoms with Crippen LogP contribution in [0, 0.1) is 13.8 Å². The summed E-state index contributed by atoms with van der Waals surface area (Å²) in [7, 11) is 0. The van der Waals surface area contributed by atoms with Crippen molar-refractivity contribution >= 4 is 33.2 Å². The zero-order chi connectivity index (χ0) is 14.0. The number of hydrogen-bond donors (Lipinski definition) is 2. The lowest BCUT2D eigenvalue weighted by molar-refractivity contribution is 0.102. The van der Waals surface area contributed by atoms with Gasteiger partial charge in [-0.25, -0.2) is 0 Å². The highest BCUT2D eigenvalue weighted by atomic mass is 79.9. The van der Waals surface area contributed by atoms with Crippen LogP contribution < -0.4 is 11.1 Å². The number of anilines is 2. The molecule has 0 heterocycles. The average molecular weight is 319 g/mol. The van der Waals surface area contributed by atoms with E-state index in [2.05, 4.69) is 21.2 Å². The summed E-state index contributed by atoms with van der Waals surface area (Å²) in [6.07, 6.45) is 0. The third-order valence-corrected chi connectivity index (χ3v) is 3.45. The van der Waals surface area contributed by atoms with Gasteiger partial charge in [-0.2, -0.15) is 0 Å². The first-order valence-electron chi connectivity index (χ1n) is 5.91. The van der Waals surface area contributed by atoms with Crippen molar-refractivity contribution in [1.82, 2.24) is 0 Å². The van der Waals surface area contributed by atoms with Crippen LogP contribution in [0.3, 0.4) is 0 Å². The van der Waals surface area contributed by atoms with Gasteiger partial charge in [0.25, 0.3) is 5.91 Å². The van der Waals surface area contributed by atoms with E-state index in [0.29, 0.717) is 5.56 Å². The minimum Gasteiger partial charge on any atom is -0.399 e. The zero-order valence-corrected chi connectivity index (χ0v) is 12.4. The summed E-state index contributed by atoms with van der Waals surface area (Å²) in [6, 6.07) is 11.0. The van der Waals surface area contributed by atoms with Gasteiger partial charge in [-0.3, -0.25) is 4.79 Å². The maximum atomic E-state index is 12.2. The Balaban J connectivity index is 2.23. The Morgan fingerprint density at radius 2 is 1.84 bits per heavy atom. The molecular formula is C15H15BrN2O. The lowest BCUT2D eigenvalue weighted by Crippen LogP contribution is -2.13. The predicted molar refractivity (Wildman–Crippen MR) is 82.4 cm³/mol. The normalized spacial score (nSPS) is 10.3. The number of hydrogen-bond acceptors (Lipinski definition) is 2. The van der Waals surface area contributed by atoms with E-state index in [1.807, 2.05) is 32.0 Å². The van der Waals surface area contributed by atoms with E-state index in [9.17, 15) is 4.79 Å². The molecule has 2 aromatic rings. The van der Waals surface area contributed by atoms with Crippen molar-refractivity contribution in [2.45, 2.75) is 13.8 Å². The minimum absolute atomic E-state index is 0.117. The number of nitrogens with one attached hydrogen (secondary N) is 1. The summed E-state index contributed by atoms with van der Waals surface area (Å²) in [5.41, 5.74) is 9.77. The average Bonchev–Trinajstić information content (AvgIpc) is 2.33. The highest BCUT2D eigenvalue weighted by Crippen LogP contribution is 2.20. The topological polar surface area (TPSA) is 55.1 Å². The number of carbonyl (C=O) groups excluding carboxylic acids is 1. The van der Waals surface area contributed by atoms with Gasteiger partial charge in [-0.1, -0.05) is 15.9 Å².